The number of allylic oxidation sites excluding steroid dienone is 1. The van der Waals surface area contributed by atoms with E-state index in [1.54, 1.807) is 30.5 Å². The molecule has 0 radical (unpaired) electrons. The molecular weight excluding hydrogens is 414 g/mol. The molecule has 0 bridgehead atoms. The van der Waals surface area contributed by atoms with E-state index in [4.69, 9.17) is 9.84 Å². The van der Waals surface area contributed by atoms with Gasteiger partial charge in [-0.15, -0.1) is 0 Å². The summed E-state index contributed by atoms with van der Waals surface area (Å²) in [4.78, 5) is 14.0. The second-order valence-corrected chi connectivity index (χ2v) is 9.68. The van der Waals surface area contributed by atoms with Gasteiger partial charge in [0.15, 0.2) is 11.5 Å². The average Bonchev–Trinajstić information content (AvgIpc) is 3.29. The van der Waals surface area contributed by atoms with Crippen molar-refractivity contribution in [2.45, 2.75) is 24.1 Å². The molecule has 1 heterocycles. The highest BCUT2D eigenvalue weighted by Crippen LogP contribution is 2.43. The van der Waals surface area contributed by atoms with E-state index in [2.05, 4.69) is 4.99 Å². The molecule has 2 aliphatic rings. The summed E-state index contributed by atoms with van der Waals surface area (Å²) in [6, 6.07) is 14.8. The first kappa shape index (κ1) is 21.1. The highest BCUT2D eigenvalue weighted by molar-refractivity contribution is 7.96. The third-order valence-electron chi connectivity index (χ3n) is 5.77. The smallest absolute Gasteiger partial charge is 0.341 e. The van der Waals surface area contributed by atoms with Crippen LogP contribution in [0.25, 0.3) is 6.08 Å². The highest BCUT2D eigenvalue weighted by Gasteiger charge is 2.48. The van der Waals surface area contributed by atoms with E-state index in [0.717, 1.165) is 16.7 Å². The maximum Gasteiger partial charge on any atom is 0.341 e. The van der Waals surface area contributed by atoms with Gasteiger partial charge in [0.1, 0.15) is 5.75 Å². The molecule has 0 saturated carbocycles. The van der Waals surface area contributed by atoms with Gasteiger partial charge in [0.05, 0.1) is 0 Å². The van der Waals surface area contributed by atoms with Crippen LogP contribution in [-0.4, -0.2) is 37.2 Å². The van der Waals surface area contributed by atoms with Crippen LogP contribution in [0, 0.1) is 5.92 Å². The van der Waals surface area contributed by atoms with E-state index in [0.29, 0.717) is 25.0 Å². The van der Waals surface area contributed by atoms with Crippen LogP contribution < -0.4 is 4.74 Å². The summed E-state index contributed by atoms with van der Waals surface area (Å²) in [7, 11) is -3.73. The van der Waals surface area contributed by atoms with E-state index in [1.807, 2.05) is 42.5 Å². The van der Waals surface area contributed by atoms with Crippen molar-refractivity contribution in [2.24, 2.45) is 10.9 Å². The normalized spacial score (nSPS) is 22.5. The largest absolute Gasteiger partial charge is 0.482 e. The van der Waals surface area contributed by atoms with Crippen molar-refractivity contribution in [3.63, 3.8) is 0 Å². The number of benzene rings is 2. The topological polar surface area (TPSA) is 93.0 Å². The number of carbonyl (C=O) groups is 1. The first-order valence-electron chi connectivity index (χ1n) is 10.1. The zero-order chi connectivity index (χ0) is 21.9. The van der Waals surface area contributed by atoms with E-state index in [9.17, 15) is 13.2 Å². The van der Waals surface area contributed by atoms with Crippen LogP contribution in [0.4, 0.5) is 0 Å². The lowest BCUT2D eigenvalue weighted by atomic mass is 9.79. The standard InChI is InChI=1S/C24H23NO5S/c26-23(27)17-30-22-9-4-8-19-16-20(10-11-21(19)22)24(13-5-14-25-24)31(28,29)15-12-18-6-2-1-3-7-18/h1-9,12-15,20H,10-11,16-17H2,(H,26,27). The van der Waals surface area contributed by atoms with Gasteiger partial charge in [0.2, 0.25) is 9.84 Å². The summed E-state index contributed by atoms with van der Waals surface area (Å²) >= 11 is 0. The van der Waals surface area contributed by atoms with Gasteiger partial charge in [-0.25, -0.2) is 13.2 Å². The summed E-state index contributed by atoms with van der Waals surface area (Å²) in [6.07, 6.45) is 8.23. The Morgan fingerprint density at radius 1 is 1.19 bits per heavy atom. The number of hydrogen-bond donors (Lipinski definition) is 1. The van der Waals surface area contributed by atoms with Crippen LogP contribution in [0.15, 0.2) is 71.1 Å². The minimum Gasteiger partial charge on any atom is -0.482 e. The summed E-state index contributed by atoms with van der Waals surface area (Å²) in [5, 5.41) is 10.2. The number of sulfone groups is 1. The van der Waals surface area contributed by atoms with Crippen LogP contribution in [0.5, 0.6) is 5.75 Å². The van der Waals surface area contributed by atoms with Crippen LogP contribution in [0.3, 0.4) is 0 Å². The fourth-order valence-electron chi connectivity index (χ4n) is 4.27. The van der Waals surface area contributed by atoms with Gasteiger partial charge in [-0.05, 0) is 60.2 Å². The molecule has 1 aliphatic carbocycles. The Labute approximate surface area is 181 Å². The minimum absolute atomic E-state index is 0.241. The van der Waals surface area contributed by atoms with E-state index in [-0.39, 0.29) is 5.92 Å². The Hall–Kier alpha value is -3.19. The number of aliphatic carboxylic acids is 1. The van der Waals surface area contributed by atoms with Crippen LogP contribution in [-0.2, 0) is 27.5 Å². The fraction of sp³-hybridized carbons (Fsp3) is 0.250. The quantitative estimate of drug-likeness (QED) is 0.713. The lowest BCUT2D eigenvalue weighted by molar-refractivity contribution is -0.139. The molecule has 0 fully saturated rings. The number of rotatable bonds is 7. The second kappa shape index (κ2) is 8.51. The second-order valence-electron chi connectivity index (χ2n) is 7.66. The number of ether oxygens (including phenoxy) is 1. The predicted octanol–water partition coefficient (Wildman–Crippen LogP) is 3.68. The number of hydrogen-bond acceptors (Lipinski definition) is 5. The summed E-state index contributed by atoms with van der Waals surface area (Å²) in [5.41, 5.74) is 2.72. The highest BCUT2D eigenvalue weighted by atomic mass is 32.2. The molecule has 2 unspecified atom stereocenters. The average molecular weight is 438 g/mol. The monoisotopic (exact) mass is 437 g/mol. The van der Waals surface area contributed by atoms with Crippen molar-refractivity contribution >= 4 is 28.1 Å². The molecule has 4 rings (SSSR count). The van der Waals surface area contributed by atoms with Crippen molar-refractivity contribution < 1.29 is 23.1 Å². The predicted molar refractivity (Wildman–Crippen MR) is 120 cm³/mol. The van der Waals surface area contributed by atoms with Gasteiger partial charge >= 0.3 is 5.97 Å². The molecule has 0 aromatic heterocycles. The molecule has 7 heteroatoms. The Kier molecular flexibility index (Phi) is 5.78. The van der Waals surface area contributed by atoms with Gasteiger partial charge in [0, 0.05) is 17.5 Å². The molecule has 160 valence electrons. The maximum atomic E-state index is 13.4. The van der Waals surface area contributed by atoms with Crippen molar-refractivity contribution in [2.75, 3.05) is 6.61 Å². The third-order valence-corrected chi connectivity index (χ3v) is 7.75. The van der Waals surface area contributed by atoms with Gasteiger partial charge in [-0.2, -0.15) is 0 Å². The zero-order valence-corrected chi connectivity index (χ0v) is 17.7. The van der Waals surface area contributed by atoms with E-state index >= 15 is 0 Å². The SMILES string of the molecule is O=C(O)COc1cccc2c1CCC(C1(S(=O)(=O)C=Cc3ccccc3)C=CC=N1)C2. The molecular formula is C24H23NO5S. The first-order chi connectivity index (χ1) is 14.9. The van der Waals surface area contributed by atoms with Gasteiger partial charge < -0.3 is 9.84 Å². The summed E-state index contributed by atoms with van der Waals surface area (Å²) in [6.45, 7) is -0.407. The zero-order valence-electron chi connectivity index (χ0n) is 16.8. The van der Waals surface area contributed by atoms with Crippen LogP contribution >= 0.6 is 0 Å². The van der Waals surface area contributed by atoms with Crippen molar-refractivity contribution in [1.82, 2.24) is 0 Å². The number of carboxylic acid groups (broad SMARTS) is 1. The number of aliphatic imine (C=N–C) groups is 1. The summed E-state index contributed by atoms with van der Waals surface area (Å²) in [5.74, 6) is -0.730. The number of fused-ring (bicyclic) bond motifs is 1. The molecule has 0 amide bonds. The van der Waals surface area contributed by atoms with Crippen molar-refractivity contribution in [3.8, 4) is 5.75 Å². The number of carboxylic acids is 1. The molecule has 2 aromatic rings. The van der Waals surface area contributed by atoms with Crippen molar-refractivity contribution in [1.29, 1.82) is 0 Å². The Balaban J connectivity index is 1.63. The van der Waals surface area contributed by atoms with Gasteiger partial charge in [-0.1, -0.05) is 42.5 Å². The molecule has 1 N–H and O–H groups in total. The lowest BCUT2D eigenvalue weighted by Crippen LogP contribution is -2.43. The number of nitrogens with zero attached hydrogens (tertiary/aromatic N) is 1. The van der Waals surface area contributed by atoms with Crippen molar-refractivity contribution in [3.05, 3.63) is 82.8 Å². The minimum atomic E-state index is -3.73. The molecule has 0 saturated heterocycles. The maximum absolute atomic E-state index is 13.4. The molecule has 1 aliphatic heterocycles. The molecule has 2 aromatic carbocycles. The van der Waals surface area contributed by atoms with Crippen LogP contribution in [0.1, 0.15) is 23.1 Å². The molecule has 0 spiro atoms. The lowest BCUT2D eigenvalue weighted by Gasteiger charge is -2.36. The van der Waals surface area contributed by atoms with Gasteiger partial charge in [0.25, 0.3) is 0 Å². The van der Waals surface area contributed by atoms with E-state index in [1.165, 1.54) is 5.41 Å². The Morgan fingerprint density at radius 2 is 2.00 bits per heavy atom. The van der Waals surface area contributed by atoms with E-state index < -0.39 is 27.3 Å². The molecule has 31 heavy (non-hydrogen) atoms. The summed E-state index contributed by atoms with van der Waals surface area (Å²) < 4.78 is 32.3. The first-order valence-corrected chi connectivity index (χ1v) is 11.6. The Bertz CT molecular complexity index is 1150. The fourth-order valence-corrected chi connectivity index (χ4v) is 5.96. The third kappa shape index (κ3) is 4.18. The Morgan fingerprint density at radius 3 is 2.71 bits per heavy atom. The molecule has 6 nitrogen and oxygen atoms in total. The molecule has 2 atom stereocenters. The van der Waals surface area contributed by atoms with Crippen LogP contribution in [0.2, 0.25) is 0 Å². The van der Waals surface area contributed by atoms with Gasteiger partial charge in [-0.3, -0.25) is 4.99 Å².